The Morgan fingerprint density at radius 1 is 0.684 bits per heavy atom. The molecule has 3 fully saturated rings. The van der Waals surface area contributed by atoms with E-state index in [1.54, 1.807) is 36.4 Å². The molecule has 19 nitrogen and oxygen atoms in total. The maximum atomic E-state index is 14.4. The maximum absolute atomic E-state index is 14.4. The lowest BCUT2D eigenvalue weighted by atomic mass is 9.99. The highest BCUT2D eigenvalue weighted by molar-refractivity contribution is 6.00. The number of hydrogen-bond donors (Lipinski definition) is 9. The molecule has 9 atom stereocenters. The lowest BCUT2D eigenvalue weighted by Crippen LogP contribution is -2.61. The number of nitrogens with one attached hydrogen (secondary N) is 5. The Balaban J connectivity index is 1.10. The zero-order valence-corrected chi connectivity index (χ0v) is 43.3. The van der Waals surface area contributed by atoms with Gasteiger partial charge in [-0.15, -0.1) is 0 Å². The van der Waals surface area contributed by atoms with Gasteiger partial charge < -0.3 is 61.5 Å². The summed E-state index contributed by atoms with van der Waals surface area (Å²) in [5.41, 5.74) is 4.70. The molecule has 9 N–H and O–H groups in total. The van der Waals surface area contributed by atoms with Crippen LogP contribution in [0.25, 0.3) is 22.3 Å². The second kappa shape index (κ2) is 26.4. The summed E-state index contributed by atoms with van der Waals surface area (Å²) in [7, 11) is 0. The molecule has 19 heteroatoms. The van der Waals surface area contributed by atoms with E-state index in [4.69, 9.17) is 4.74 Å². The topological polar surface area (TPSA) is 276 Å². The normalized spacial score (nSPS) is 23.9. The number of carbonyl (C=O) groups is 7. The molecule has 0 aliphatic carbocycles. The number of nitrogens with zero attached hydrogens (tertiary/aromatic N) is 2. The van der Waals surface area contributed by atoms with Gasteiger partial charge in [-0.2, -0.15) is 0 Å². The Kier molecular flexibility index (Phi) is 19.6. The molecule has 76 heavy (non-hydrogen) atoms. The van der Waals surface area contributed by atoms with Crippen LogP contribution in [0.1, 0.15) is 94.5 Å². The lowest BCUT2D eigenvalue weighted by molar-refractivity contribution is -0.145. The van der Waals surface area contributed by atoms with Crippen LogP contribution in [-0.4, -0.2) is 152 Å². The maximum Gasteiger partial charge on any atom is 0.251 e. The van der Waals surface area contributed by atoms with E-state index >= 15 is 0 Å². The minimum Gasteiger partial charge on any atom is -0.508 e. The van der Waals surface area contributed by atoms with E-state index in [1.165, 1.54) is 30.9 Å². The van der Waals surface area contributed by atoms with Crippen LogP contribution in [0, 0.1) is 0 Å². The molecule has 3 aliphatic rings. The van der Waals surface area contributed by atoms with Gasteiger partial charge in [0.1, 0.15) is 47.8 Å². The van der Waals surface area contributed by atoms with Gasteiger partial charge >= 0.3 is 0 Å². The van der Waals surface area contributed by atoms with E-state index in [1.807, 2.05) is 48.5 Å². The summed E-state index contributed by atoms with van der Waals surface area (Å²) in [4.78, 5) is 101. The van der Waals surface area contributed by atoms with E-state index in [-0.39, 0.29) is 69.5 Å². The van der Waals surface area contributed by atoms with Gasteiger partial charge in [-0.05, 0) is 123 Å². The average Bonchev–Trinajstić information content (AvgIpc) is 4.08. The van der Waals surface area contributed by atoms with Gasteiger partial charge in [-0.1, -0.05) is 80.4 Å². The first kappa shape index (κ1) is 56.4. The molecule has 406 valence electrons. The van der Waals surface area contributed by atoms with Gasteiger partial charge in [-0.3, -0.25) is 33.6 Å². The quantitative estimate of drug-likeness (QED) is 0.0825. The second-order valence-electron chi connectivity index (χ2n) is 20.0. The fourth-order valence-corrected chi connectivity index (χ4v) is 9.86. The molecule has 0 bridgehead atoms. The standard InChI is InChI=1S/C57H71N7O12/c1-4-5-6-31-76-44-26-22-40(23-27-44)38-16-14-37(15-17-38)39-18-20-41(21-19-39)51(69)59-45-9-7-29-58-54(72)47-10-8-30-63(47)56(74)49(34(2)65)61-53(71)46(28-13-36-11-24-42(67)25-12-36)60-55(73)48-32-43(68)33-64(48)57(75)50(35(3)66)62-52(45)70/h11-12,14-27,34-35,43,45-50,65-68H,4-10,13,28-33H2,1-3H3,(H,58,72)(H,59,69)(H,60,73)(H,61,71)(H,62,70)/t34?,35?,43-,45+,46?,47?,48?,49?,50?/m1/s1. The highest BCUT2D eigenvalue weighted by Gasteiger charge is 2.45. The Hall–Kier alpha value is -7.35. The minimum absolute atomic E-state index is 0.00250. The molecule has 3 saturated heterocycles. The molecule has 0 spiro atoms. The number of aliphatic hydroxyl groups excluding tert-OH is 3. The van der Waals surface area contributed by atoms with Crippen LogP contribution >= 0.6 is 0 Å². The van der Waals surface area contributed by atoms with Crippen molar-refractivity contribution in [3.63, 3.8) is 0 Å². The van der Waals surface area contributed by atoms with Crippen LogP contribution in [-0.2, 0) is 35.2 Å². The van der Waals surface area contributed by atoms with Gasteiger partial charge in [0, 0.05) is 31.6 Å². The Labute approximate surface area is 442 Å². The van der Waals surface area contributed by atoms with Crippen LogP contribution in [0.4, 0.5) is 0 Å². The Morgan fingerprint density at radius 2 is 1.26 bits per heavy atom. The summed E-state index contributed by atoms with van der Waals surface area (Å²) in [6.45, 7) is 5.21. The number of aromatic hydroxyl groups is 1. The number of carbonyl (C=O) groups excluding carboxylic acids is 7. The first-order valence-corrected chi connectivity index (χ1v) is 26.4. The summed E-state index contributed by atoms with van der Waals surface area (Å²) >= 11 is 0. The van der Waals surface area contributed by atoms with E-state index in [0.29, 0.717) is 18.6 Å². The number of aryl methyl sites for hydroxylation is 1. The highest BCUT2D eigenvalue weighted by atomic mass is 16.5. The van der Waals surface area contributed by atoms with Gasteiger partial charge in [0.05, 0.1) is 24.9 Å². The molecule has 7 amide bonds. The summed E-state index contributed by atoms with van der Waals surface area (Å²) in [6, 6.07) is 20.7. The zero-order valence-electron chi connectivity index (χ0n) is 43.3. The largest absolute Gasteiger partial charge is 0.508 e. The molecular weight excluding hydrogens is 975 g/mol. The summed E-state index contributed by atoms with van der Waals surface area (Å²) in [5.74, 6) is -4.48. The Bertz CT molecular complexity index is 2650. The average molecular weight is 1050 g/mol. The molecular formula is C57H71N7O12. The predicted molar refractivity (Wildman–Crippen MR) is 282 cm³/mol. The Morgan fingerprint density at radius 3 is 1.87 bits per heavy atom. The van der Waals surface area contributed by atoms with E-state index < -0.39 is 95.9 Å². The van der Waals surface area contributed by atoms with Crippen LogP contribution in [0.2, 0.25) is 0 Å². The number of hydrogen-bond acceptors (Lipinski definition) is 12. The number of unbranched alkanes of at least 4 members (excludes halogenated alkanes) is 2. The summed E-state index contributed by atoms with van der Waals surface area (Å²) in [5, 5.41) is 56.0. The van der Waals surface area contributed by atoms with Gasteiger partial charge in [0.2, 0.25) is 35.4 Å². The van der Waals surface area contributed by atoms with Crippen LogP contribution in [0.5, 0.6) is 11.5 Å². The predicted octanol–water partition coefficient (Wildman–Crippen LogP) is 3.11. The summed E-state index contributed by atoms with van der Waals surface area (Å²) in [6.07, 6.45) is -0.225. The smallest absolute Gasteiger partial charge is 0.251 e. The summed E-state index contributed by atoms with van der Waals surface area (Å²) < 4.78 is 5.86. The van der Waals surface area contributed by atoms with E-state index in [2.05, 4.69) is 33.5 Å². The number of amides is 7. The molecule has 3 aliphatic heterocycles. The molecule has 3 heterocycles. The molecule has 7 rings (SSSR count). The first-order chi connectivity index (χ1) is 36.5. The number of phenols is 1. The number of ether oxygens (including phenoxy) is 1. The minimum atomic E-state index is -1.67. The van der Waals surface area contributed by atoms with Crippen molar-refractivity contribution in [2.45, 2.75) is 140 Å². The van der Waals surface area contributed by atoms with Crippen molar-refractivity contribution < 1.29 is 58.7 Å². The third-order valence-corrected chi connectivity index (χ3v) is 14.2. The van der Waals surface area contributed by atoms with Gasteiger partial charge in [0.25, 0.3) is 5.91 Å². The molecule has 0 saturated carbocycles. The van der Waals surface area contributed by atoms with E-state index in [0.717, 1.165) is 52.2 Å². The zero-order chi connectivity index (χ0) is 54.5. The monoisotopic (exact) mass is 1050 g/mol. The molecule has 0 radical (unpaired) electrons. The highest BCUT2D eigenvalue weighted by Crippen LogP contribution is 2.28. The molecule has 7 unspecified atom stereocenters. The molecule has 4 aromatic rings. The number of aliphatic hydroxyl groups is 3. The van der Waals surface area contributed by atoms with E-state index in [9.17, 15) is 54.0 Å². The number of fused-ring (bicyclic) bond motifs is 2. The van der Waals surface area contributed by atoms with Gasteiger partial charge in [0.15, 0.2) is 0 Å². The van der Waals surface area contributed by atoms with Crippen molar-refractivity contribution in [2.75, 3.05) is 26.2 Å². The number of rotatable bonds is 14. The SMILES string of the molecule is CCCCCOc1ccc(-c2ccc(-c3ccc(C(=O)N[C@H]4CCCNC(=O)C5CCCN5C(=O)C(C(C)O)NC(=O)C(CCc5ccc(O)cc5)NC(=O)C5C[C@@H](O)CN5C(=O)C(C(C)O)NC4=O)cc3)cc2)cc1. The van der Waals surface area contributed by atoms with Crippen molar-refractivity contribution in [2.24, 2.45) is 0 Å². The molecule has 0 aromatic heterocycles. The van der Waals surface area contributed by atoms with Crippen LogP contribution in [0.15, 0.2) is 97.1 Å². The van der Waals surface area contributed by atoms with Crippen molar-refractivity contribution in [3.8, 4) is 33.8 Å². The second-order valence-corrected chi connectivity index (χ2v) is 20.0. The van der Waals surface area contributed by atoms with Crippen molar-refractivity contribution in [1.82, 2.24) is 36.4 Å². The number of benzene rings is 4. The first-order valence-electron chi connectivity index (χ1n) is 26.4. The fraction of sp³-hybridized carbons (Fsp3) is 0.456. The third-order valence-electron chi connectivity index (χ3n) is 14.2. The van der Waals surface area contributed by atoms with Crippen LogP contribution in [0.3, 0.4) is 0 Å². The molecule has 4 aromatic carbocycles. The lowest BCUT2D eigenvalue weighted by Gasteiger charge is -2.32. The van der Waals surface area contributed by atoms with Gasteiger partial charge in [-0.25, -0.2) is 0 Å². The number of phenolic OH excluding ortho intramolecular Hbond substituents is 1. The van der Waals surface area contributed by atoms with Crippen LogP contribution < -0.4 is 31.3 Å². The third kappa shape index (κ3) is 14.5. The fourth-order valence-electron chi connectivity index (χ4n) is 9.86. The van der Waals surface area contributed by atoms with Crippen molar-refractivity contribution in [3.05, 3.63) is 108 Å². The van der Waals surface area contributed by atoms with Crippen molar-refractivity contribution >= 4 is 41.4 Å². The van der Waals surface area contributed by atoms with Crippen molar-refractivity contribution in [1.29, 1.82) is 0 Å².